The number of imidazole rings is 1. The highest BCUT2D eigenvalue weighted by Gasteiger charge is 2.45. The lowest BCUT2D eigenvalue weighted by atomic mass is 9.88. The van der Waals surface area contributed by atoms with Crippen LogP contribution in [0.4, 0.5) is 0 Å². The third-order valence-corrected chi connectivity index (χ3v) is 4.69. The Balaban J connectivity index is 1.48. The summed E-state index contributed by atoms with van der Waals surface area (Å²) in [6, 6.07) is 3.77. The van der Waals surface area contributed by atoms with E-state index < -0.39 is 0 Å². The number of hydrogen-bond acceptors (Lipinski definition) is 4. The SMILES string of the molecule is O=C(c1ccco1)N1CCC[C@]2(C[C@@H](n3ccnc3)CO2)C1. The number of carbonyl (C=O) groups is 1. The first kappa shape index (κ1) is 13.6. The van der Waals surface area contributed by atoms with Crippen molar-refractivity contribution in [3.63, 3.8) is 0 Å². The minimum Gasteiger partial charge on any atom is -0.459 e. The molecule has 0 saturated carbocycles. The highest BCUT2D eigenvalue weighted by molar-refractivity contribution is 5.91. The molecular formula is C16H19N3O3. The maximum atomic E-state index is 12.5. The number of piperidine rings is 1. The van der Waals surface area contributed by atoms with E-state index in [1.54, 1.807) is 18.3 Å². The molecule has 2 aromatic rings. The molecule has 0 bridgehead atoms. The molecule has 2 aromatic heterocycles. The molecule has 22 heavy (non-hydrogen) atoms. The van der Waals surface area contributed by atoms with Crippen molar-refractivity contribution in [1.82, 2.24) is 14.5 Å². The van der Waals surface area contributed by atoms with E-state index in [2.05, 4.69) is 9.55 Å². The monoisotopic (exact) mass is 301 g/mol. The van der Waals surface area contributed by atoms with Crippen LogP contribution in [0.25, 0.3) is 0 Å². The number of carbonyl (C=O) groups excluding carboxylic acids is 1. The Bertz CT molecular complexity index is 638. The fraction of sp³-hybridized carbons (Fsp3) is 0.500. The summed E-state index contributed by atoms with van der Waals surface area (Å²) < 4.78 is 13.5. The van der Waals surface area contributed by atoms with Gasteiger partial charge in [-0.1, -0.05) is 0 Å². The maximum Gasteiger partial charge on any atom is 0.289 e. The van der Waals surface area contributed by atoms with Crippen molar-refractivity contribution in [2.45, 2.75) is 30.9 Å². The number of likely N-dealkylation sites (tertiary alicyclic amines) is 1. The number of hydrogen-bond donors (Lipinski definition) is 0. The highest BCUT2D eigenvalue weighted by atomic mass is 16.5. The molecule has 0 radical (unpaired) electrons. The summed E-state index contributed by atoms with van der Waals surface area (Å²) in [6.07, 6.45) is 10.0. The van der Waals surface area contributed by atoms with Crippen LogP contribution in [0, 0.1) is 0 Å². The molecule has 0 N–H and O–H groups in total. The fourth-order valence-electron chi connectivity index (χ4n) is 3.61. The van der Waals surface area contributed by atoms with E-state index in [4.69, 9.17) is 9.15 Å². The van der Waals surface area contributed by atoms with E-state index in [1.165, 1.54) is 6.26 Å². The molecule has 4 heterocycles. The van der Waals surface area contributed by atoms with E-state index in [1.807, 2.05) is 17.4 Å². The molecule has 0 unspecified atom stereocenters. The van der Waals surface area contributed by atoms with Crippen LogP contribution in [0.15, 0.2) is 41.5 Å². The average molecular weight is 301 g/mol. The molecule has 2 aliphatic rings. The normalized spacial score (nSPS) is 28.4. The second-order valence-corrected chi connectivity index (χ2v) is 6.17. The summed E-state index contributed by atoms with van der Waals surface area (Å²) in [5.41, 5.74) is -0.227. The summed E-state index contributed by atoms with van der Waals surface area (Å²) in [5.74, 6) is 0.361. The average Bonchev–Trinajstić information content (AvgIpc) is 3.28. The molecule has 1 spiro atoms. The maximum absolute atomic E-state index is 12.5. The van der Waals surface area contributed by atoms with Gasteiger partial charge in [-0.2, -0.15) is 0 Å². The van der Waals surface area contributed by atoms with Crippen LogP contribution >= 0.6 is 0 Å². The van der Waals surface area contributed by atoms with Gasteiger partial charge in [0.2, 0.25) is 0 Å². The van der Waals surface area contributed by atoms with Gasteiger partial charge in [0.05, 0.1) is 37.4 Å². The first-order chi connectivity index (χ1) is 10.8. The van der Waals surface area contributed by atoms with Gasteiger partial charge < -0.3 is 18.6 Å². The van der Waals surface area contributed by atoms with Gasteiger partial charge in [0.1, 0.15) is 0 Å². The van der Waals surface area contributed by atoms with Gasteiger partial charge >= 0.3 is 0 Å². The number of ether oxygens (including phenoxy) is 1. The van der Waals surface area contributed by atoms with Crippen LogP contribution in [-0.2, 0) is 4.74 Å². The van der Waals surface area contributed by atoms with Gasteiger partial charge in [0, 0.05) is 25.4 Å². The molecule has 2 atom stereocenters. The first-order valence-electron chi connectivity index (χ1n) is 7.70. The predicted molar refractivity (Wildman–Crippen MR) is 78.4 cm³/mol. The van der Waals surface area contributed by atoms with Crippen LogP contribution in [-0.4, -0.2) is 45.7 Å². The minimum absolute atomic E-state index is 0.0428. The summed E-state index contributed by atoms with van der Waals surface area (Å²) in [4.78, 5) is 18.4. The molecule has 6 heteroatoms. The molecule has 2 saturated heterocycles. The number of aromatic nitrogens is 2. The Morgan fingerprint density at radius 2 is 2.41 bits per heavy atom. The Labute approximate surface area is 128 Å². The molecule has 116 valence electrons. The van der Waals surface area contributed by atoms with E-state index in [0.29, 0.717) is 25.0 Å². The second kappa shape index (κ2) is 5.28. The van der Waals surface area contributed by atoms with E-state index in [9.17, 15) is 4.79 Å². The molecule has 4 rings (SSSR count). The first-order valence-corrected chi connectivity index (χ1v) is 7.70. The summed E-state index contributed by atoms with van der Waals surface area (Å²) in [6.45, 7) is 2.08. The quantitative estimate of drug-likeness (QED) is 0.852. The largest absolute Gasteiger partial charge is 0.459 e. The minimum atomic E-state index is -0.227. The van der Waals surface area contributed by atoms with Crippen LogP contribution in [0.3, 0.4) is 0 Å². The summed E-state index contributed by atoms with van der Waals surface area (Å²) >= 11 is 0. The lowest BCUT2D eigenvalue weighted by Crippen LogP contribution is -2.50. The number of nitrogens with zero attached hydrogens (tertiary/aromatic N) is 3. The van der Waals surface area contributed by atoms with Gasteiger partial charge in [-0.3, -0.25) is 4.79 Å². The molecule has 0 aliphatic carbocycles. The zero-order chi connectivity index (χ0) is 15.0. The van der Waals surface area contributed by atoms with Crippen molar-refractivity contribution in [3.8, 4) is 0 Å². The Morgan fingerprint density at radius 1 is 1.45 bits per heavy atom. The molecule has 2 aliphatic heterocycles. The van der Waals surface area contributed by atoms with Gasteiger partial charge in [0.15, 0.2) is 5.76 Å². The number of rotatable bonds is 2. The Morgan fingerprint density at radius 3 is 3.18 bits per heavy atom. The zero-order valence-corrected chi connectivity index (χ0v) is 12.4. The molecule has 2 fully saturated rings. The fourth-order valence-corrected chi connectivity index (χ4v) is 3.61. The van der Waals surface area contributed by atoms with Crippen LogP contribution in [0.1, 0.15) is 35.9 Å². The van der Waals surface area contributed by atoms with E-state index in [0.717, 1.165) is 25.8 Å². The predicted octanol–water partition coefficient (Wildman–Crippen LogP) is 2.11. The highest BCUT2D eigenvalue weighted by Crippen LogP contribution is 2.39. The number of amides is 1. The topological polar surface area (TPSA) is 60.5 Å². The van der Waals surface area contributed by atoms with Crippen molar-refractivity contribution in [2.24, 2.45) is 0 Å². The smallest absolute Gasteiger partial charge is 0.289 e. The van der Waals surface area contributed by atoms with Gasteiger partial charge in [-0.25, -0.2) is 4.98 Å². The van der Waals surface area contributed by atoms with E-state index in [-0.39, 0.29) is 11.5 Å². The third-order valence-electron chi connectivity index (χ3n) is 4.69. The van der Waals surface area contributed by atoms with Crippen molar-refractivity contribution in [3.05, 3.63) is 42.9 Å². The number of furan rings is 1. The van der Waals surface area contributed by atoms with Crippen LogP contribution in [0.5, 0.6) is 0 Å². The third kappa shape index (κ3) is 2.33. The van der Waals surface area contributed by atoms with Gasteiger partial charge in [-0.15, -0.1) is 0 Å². The van der Waals surface area contributed by atoms with Crippen molar-refractivity contribution in [2.75, 3.05) is 19.7 Å². The van der Waals surface area contributed by atoms with Crippen molar-refractivity contribution < 1.29 is 13.9 Å². The van der Waals surface area contributed by atoms with Crippen LogP contribution in [0.2, 0.25) is 0 Å². The van der Waals surface area contributed by atoms with E-state index >= 15 is 0 Å². The lowest BCUT2D eigenvalue weighted by Gasteiger charge is -2.39. The zero-order valence-electron chi connectivity index (χ0n) is 12.4. The van der Waals surface area contributed by atoms with Gasteiger partial charge in [0.25, 0.3) is 5.91 Å². The van der Waals surface area contributed by atoms with Crippen molar-refractivity contribution in [1.29, 1.82) is 0 Å². The molecular weight excluding hydrogens is 282 g/mol. The molecule has 1 amide bonds. The molecule has 0 aromatic carbocycles. The second-order valence-electron chi connectivity index (χ2n) is 6.17. The van der Waals surface area contributed by atoms with Crippen molar-refractivity contribution >= 4 is 5.91 Å². The Kier molecular flexibility index (Phi) is 3.26. The van der Waals surface area contributed by atoms with Crippen LogP contribution < -0.4 is 0 Å². The summed E-state index contributed by atoms with van der Waals surface area (Å²) in [5, 5.41) is 0. The molecule has 6 nitrogen and oxygen atoms in total. The standard InChI is InChI=1S/C16H19N3O3/c20-15(14-3-1-8-21-14)18-6-2-4-16(11-18)9-13(10-22-16)19-7-5-17-12-19/h1,3,5,7-8,12-13H,2,4,6,9-11H2/t13-,16+/m1/s1. The Hall–Kier alpha value is -2.08. The van der Waals surface area contributed by atoms with Gasteiger partial charge in [-0.05, 0) is 25.0 Å². The summed E-state index contributed by atoms with van der Waals surface area (Å²) in [7, 11) is 0. The lowest BCUT2D eigenvalue weighted by molar-refractivity contribution is -0.0454.